The van der Waals surface area contributed by atoms with Crippen LogP contribution in [0.25, 0.3) is 0 Å². The Morgan fingerprint density at radius 3 is 2.11 bits per heavy atom. The summed E-state index contributed by atoms with van der Waals surface area (Å²) in [6.45, 7) is 2.12. The van der Waals surface area contributed by atoms with Crippen molar-refractivity contribution in [3.05, 3.63) is 0 Å². The van der Waals surface area contributed by atoms with Gasteiger partial charge in [-0.15, -0.1) is 0 Å². The second kappa shape index (κ2) is 13.4. The van der Waals surface area contributed by atoms with Gasteiger partial charge in [-0.3, -0.25) is 4.79 Å². The van der Waals surface area contributed by atoms with Crippen LogP contribution in [0.5, 0.6) is 0 Å². The number of methoxy groups -OCH3 is 1. The average Bonchev–Trinajstić information content (AvgIpc) is 2.40. The zero-order valence-electron chi connectivity index (χ0n) is 12.6. The van der Waals surface area contributed by atoms with E-state index in [-0.39, 0.29) is 5.97 Å². The molecule has 0 fully saturated rings. The van der Waals surface area contributed by atoms with E-state index in [1.807, 2.05) is 0 Å². The van der Waals surface area contributed by atoms with Crippen LogP contribution >= 0.6 is 0 Å². The number of hydrogen-bond donors (Lipinski definition) is 0. The number of nitrogens with zero attached hydrogens (tertiary/aromatic N) is 1. The molecule has 0 amide bonds. The molecule has 1 atom stereocenters. The van der Waals surface area contributed by atoms with Gasteiger partial charge in [0.2, 0.25) is 0 Å². The second-order valence-electron chi connectivity index (χ2n) is 5.41. The molecule has 0 aromatic carbocycles. The van der Waals surface area contributed by atoms with Gasteiger partial charge in [0.05, 0.1) is 13.2 Å². The number of hydrogen-bond acceptors (Lipinski definition) is 3. The van der Waals surface area contributed by atoms with E-state index >= 15 is 0 Å². The Hall–Kier alpha value is -1.04. The van der Waals surface area contributed by atoms with Crippen molar-refractivity contribution in [1.29, 1.82) is 5.26 Å². The Bertz CT molecular complexity index is 258. The fourth-order valence-electron chi connectivity index (χ4n) is 2.23. The van der Waals surface area contributed by atoms with Crippen molar-refractivity contribution in [3.8, 4) is 6.07 Å². The first-order valence-corrected chi connectivity index (χ1v) is 7.64. The van der Waals surface area contributed by atoms with Crippen LogP contribution in [0.2, 0.25) is 0 Å². The maximum atomic E-state index is 11.1. The smallest absolute Gasteiger partial charge is 0.305 e. The van der Waals surface area contributed by atoms with Gasteiger partial charge >= 0.3 is 5.97 Å². The molecule has 0 N–H and O–H groups in total. The van der Waals surface area contributed by atoms with Crippen molar-refractivity contribution in [2.24, 2.45) is 5.92 Å². The number of carbonyl (C=O) groups excluding carboxylic acids is 1. The normalized spacial score (nSPS) is 11.8. The van der Waals surface area contributed by atoms with Gasteiger partial charge in [-0.05, 0) is 12.3 Å². The van der Waals surface area contributed by atoms with E-state index in [1.54, 1.807) is 0 Å². The maximum Gasteiger partial charge on any atom is 0.305 e. The quantitative estimate of drug-likeness (QED) is 0.383. The molecule has 0 saturated carbocycles. The van der Waals surface area contributed by atoms with Gasteiger partial charge in [-0.1, -0.05) is 58.3 Å². The first kappa shape index (κ1) is 18.0. The molecule has 0 spiro atoms. The van der Waals surface area contributed by atoms with Crippen LogP contribution in [-0.2, 0) is 9.53 Å². The molecule has 0 aliphatic heterocycles. The van der Waals surface area contributed by atoms with Crippen LogP contribution in [0.15, 0.2) is 0 Å². The minimum absolute atomic E-state index is 0.0927. The van der Waals surface area contributed by atoms with Crippen LogP contribution in [0, 0.1) is 17.2 Å². The van der Waals surface area contributed by atoms with Gasteiger partial charge in [0.15, 0.2) is 0 Å². The van der Waals surface area contributed by atoms with Crippen molar-refractivity contribution < 1.29 is 9.53 Å². The van der Waals surface area contributed by atoms with Crippen LogP contribution < -0.4 is 0 Å². The molecular formula is C16H29NO2. The zero-order valence-corrected chi connectivity index (χ0v) is 12.6. The minimum Gasteiger partial charge on any atom is -0.469 e. The summed E-state index contributed by atoms with van der Waals surface area (Å²) in [6, 6.07) is 2.18. The van der Waals surface area contributed by atoms with Gasteiger partial charge in [0, 0.05) is 12.8 Å². The number of ether oxygens (including phenoxy) is 1. The molecule has 0 aromatic heterocycles. The van der Waals surface area contributed by atoms with Crippen LogP contribution in [0.4, 0.5) is 0 Å². The third-order valence-electron chi connectivity index (χ3n) is 3.48. The number of carbonyl (C=O) groups is 1. The lowest BCUT2D eigenvalue weighted by molar-refractivity contribution is -0.141. The highest BCUT2D eigenvalue weighted by Crippen LogP contribution is 2.15. The lowest BCUT2D eigenvalue weighted by Gasteiger charge is -2.09. The highest BCUT2D eigenvalue weighted by Gasteiger charge is 2.08. The molecule has 0 bridgehead atoms. The Morgan fingerprint density at radius 1 is 1.05 bits per heavy atom. The average molecular weight is 267 g/mol. The summed E-state index contributed by atoms with van der Waals surface area (Å²) in [6.07, 6.45) is 12.3. The first-order valence-electron chi connectivity index (χ1n) is 7.64. The van der Waals surface area contributed by atoms with E-state index < -0.39 is 0 Å². The third kappa shape index (κ3) is 13.2. The lowest BCUT2D eigenvalue weighted by Crippen LogP contribution is -2.06. The Kier molecular flexibility index (Phi) is 12.7. The van der Waals surface area contributed by atoms with Crippen LogP contribution in [0.3, 0.4) is 0 Å². The van der Waals surface area contributed by atoms with E-state index in [9.17, 15) is 4.79 Å². The number of esters is 1. The summed E-state index contributed by atoms with van der Waals surface area (Å²) < 4.78 is 4.66. The molecule has 1 unspecified atom stereocenters. The zero-order chi connectivity index (χ0) is 14.3. The molecule has 0 saturated heterocycles. The summed E-state index contributed by atoms with van der Waals surface area (Å²) >= 11 is 0. The van der Waals surface area contributed by atoms with Crippen molar-refractivity contribution >= 4 is 5.97 Å². The lowest BCUT2D eigenvalue weighted by atomic mass is 9.99. The highest BCUT2D eigenvalue weighted by atomic mass is 16.5. The maximum absolute atomic E-state index is 11.1. The van der Waals surface area contributed by atoms with Crippen LogP contribution in [0.1, 0.15) is 77.6 Å². The second-order valence-corrected chi connectivity index (χ2v) is 5.41. The van der Waals surface area contributed by atoms with E-state index in [0.717, 1.165) is 12.8 Å². The molecule has 0 rings (SSSR count). The Labute approximate surface area is 118 Å². The third-order valence-corrected chi connectivity index (χ3v) is 3.48. The topological polar surface area (TPSA) is 50.1 Å². The van der Waals surface area contributed by atoms with Crippen LogP contribution in [-0.4, -0.2) is 13.1 Å². The van der Waals surface area contributed by atoms with E-state index in [0.29, 0.717) is 18.8 Å². The minimum atomic E-state index is -0.0927. The Balaban J connectivity index is 3.18. The molecule has 0 heterocycles. The molecule has 3 nitrogen and oxygen atoms in total. The van der Waals surface area contributed by atoms with E-state index in [1.165, 1.54) is 52.1 Å². The molecule has 0 radical (unpaired) electrons. The van der Waals surface area contributed by atoms with Gasteiger partial charge in [-0.25, -0.2) is 0 Å². The molecule has 3 heteroatoms. The first-order chi connectivity index (χ1) is 9.20. The van der Waals surface area contributed by atoms with E-state index in [4.69, 9.17) is 5.26 Å². The van der Waals surface area contributed by atoms with Crippen molar-refractivity contribution in [3.63, 3.8) is 0 Å². The predicted octanol–water partition coefficient (Wildman–Crippen LogP) is 4.61. The SMILES string of the molecule is COC(=O)CC(C)CCCCCCCCCCC#N. The predicted molar refractivity (Wildman–Crippen MR) is 77.6 cm³/mol. The Morgan fingerprint density at radius 2 is 1.58 bits per heavy atom. The molecular weight excluding hydrogens is 238 g/mol. The van der Waals surface area contributed by atoms with Crippen molar-refractivity contribution in [2.75, 3.05) is 7.11 Å². The van der Waals surface area contributed by atoms with Gasteiger partial charge in [0.1, 0.15) is 0 Å². The monoisotopic (exact) mass is 267 g/mol. The van der Waals surface area contributed by atoms with Gasteiger partial charge < -0.3 is 4.74 Å². The molecule has 0 aliphatic rings. The number of unbranched alkanes of at least 4 members (excludes halogenated alkanes) is 8. The summed E-state index contributed by atoms with van der Waals surface area (Å²) in [5.74, 6) is 0.350. The molecule has 19 heavy (non-hydrogen) atoms. The highest BCUT2D eigenvalue weighted by molar-refractivity contribution is 5.69. The fraction of sp³-hybridized carbons (Fsp3) is 0.875. The largest absolute Gasteiger partial charge is 0.469 e. The molecule has 0 aliphatic carbocycles. The number of rotatable bonds is 12. The van der Waals surface area contributed by atoms with E-state index in [2.05, 4.69) is 17.7 Å². The molecule has 0 aromatic rings. The summed E-state index contributed by atoms with van der Waals surface area (Å²) in [5, 5.41) is 8.40. The summed E-state index contributed by atoms with van der Waals surface area (Å²) in [7, 11) is 1.45. The summed E-state index contributed by atoms with van der Waals surface area (Å²) in [5.41, 5.74) is 0. The molecule has 110 valence electrons. The number of nitriles is 1. The summed E-state index contributed by atoms with van der Waals surface area (Å²) in [4.78, 5) is 11.1. The van der Waals surface area contributed by atoms with Crippen molar-refractivity contribution in [1.82, 2.24) is 0 Å². The fourth-order valence-corrected chi connectivity index (χ4v) is 2.23. The van der Waals surface area contributed by atoms with Gasteiger partial charge in [-0.2, -0.15) is 5.26 Å². The van der Waals surface area contributed by atoms with Gasteiger partial charge in [0.25, 0.3) is 0 Å². The van der Waals surface area contributed by atoms with Crippen molar-refractivity contribution in [2.45, 2.75) is 77.6 Å². The standard InChI is InChI=1S/C16H29NO2/c1-15(14-16(18)19-2)12-10-8-6-4-3-5-7-9-11-13-17/h15H,3-12,14H2,1-2H3.